The molecule has 0 aliphatic heterocycles. The van der Waals surface area contributed by atoms with Gasteiger partial charge in [0, 0.05) is 28.9 Å². The quantitative estimate of drug-likeness (QED) is 0.698. The molecule has 2 aromatic carbocycles. The molecule has 0 bridgehead atoms. The minimum atomic E-state index is -0.980. The number of aromatic nitrogens is 1. The van der Waals surface area contributed by atoms with E-state index in [9.17, 15) is 18.7 Å². The molecule has 0 saturated heterocycles. The fourth-order valence-electron chi connectivity index (χ4n) is 2.78. The molecule has 0 aliphatic rings. The molecule has 0 fully saturated rings. The summed E-state index contributed by atoms with van der Waals surface area (Å²) in [6, 6.07) is 12.0. The number of aryl methyl sites for hydroxylation is 1. The number of benzene rings is 2. The first-order valence-corrected chi connectivity index (χ1v) is 8.83. The summed E-state index contributed by atoms with van der Waals surface area (Å²) >= 11 is 0. The normalized spacial score (nSPS) is 11.9. The molecule has 0 aliphatic carbocycles. The molecular weight excluding hydrogens is 362 g/mol. The Morgan fingerprint density at radius 3 is 2.57 bits per heavy atom. The van der Waals surface area contributed by atoms with E-state index in [1.165, 1.54) is 18.2 Å². The van der Waals surface area contributed by atoms with Gasteiger partial charge in [-0.1, -0.05) is 18.2 Å². The van der Waals surface area contributed by atoms with Gasteiger partial charge in [-0.15, -0.1) is 0 Å². The Morgan fingerprint density at radius 2 is 1.89 bits per heavy atom. The first kappa shape index (κ1) is 19.6. The van der Waals surface area contributed by atoms with Crippen LogP contribution in [0.25, 0.3) is 22.4 Å². The van der Waals surface area contributed by atoms with Gasteiger partial charge in [0.05, 0.1) is 12.3 Å². The maximum Gasteiger partial charge on any atom is 0.251 e. The number of hydrogen-bond donors (Lipinski definition) is 2. The van der Waals surface area contributed by atoms with Crippen LogP contribution in [0.3, 0.4) is 0 Å². The van der Waals surface area contributed by atoms with Crippen molar-refractivity contribution >= 4 is 5.91 Å². The number of pyridine rings is 1. The molecule has 1 heterocycles. The molecule has 3 aromatic rings. The lowest BCUT2D eigenvalue weighted by atomic mass is 9.97. The van der Waals surface area contributed by atoms with Crippen molar-refractivity contribution in [3.8, 4) is 22.4 Å². The summed E-state index contributed by atoms with van der Waals surface area (Å²) in [7, 11) is 0. The Balaban J connectivity index is 2.14. The van der Waals surface area contributed by atoms with Gasteiger partial charge in [0.2, 0.25) is 0 Å². The number of hydrogen-bond acceptors (Lipinski definition) is 3. The second-order valence-corrected chi connectivity index (χ2v) is 6.68. The fourth-order valence-corrected chi connectivity index (χ4v) is 2.78. The molecule has 1 amide bonds. The van der Waals surface area contributed by atoms with Crippen molar-refractivity contribution in [2.75, 3.05) is 6.61 Å². The smallest absolute Gasteiger partial charge is 0.251 e. The number of nitrogens with one attached hydrogen (secondary N) is 1. The van der Waals surface area contributed by atoms with Gasteiger partial charge in [-0.2, -0.15) is 0 Å². The number of halogens is 2. The maximum atomic E-state index is 14.3. The predicted octanol–water partition coefficient (Wildman–Crippen LogP) is 4.11. The third-order valence-electron chi connectivity index (χ3n) is 4.32. The molecule has 4 nitrogen and oxygen atoms in total. The van der Waals surface area contributed by atoms with Crippen LogP contribution in [0.15, 0.2) is 54.7 Å². The molecular formula is C22H20F2N2O2. The first-order chi connectivity index (χ1) is 13.4. The van der Waals surface area contributed by atoms with Gasteiger partial charge < -0.3 is 10.4 Å². The number of rotatable bonds is 5. The molecule has 0 radical (unpaired) electrons. The average Bonchev–Trinajstić information content (AvgIpc) is 2.70. The maximum absolute atomic E-state index is 14.3. The van der Waals surface area contributed by atoms with Crippen molar-refractivity contribution in [2.45, 2.75) is 19.9 Å². The molecule has 0 spiro atoms. The molecule has 1 aromatic heterocycles. The molecule has 1 atom stereocenters. The number of nitrogens with zero attached hydrogens (tertiary/aromatic N) is 1. The Bertz CT molecular complexity index is 1000. The highest BCUT2D eigenvalue weighted by Crippen LogP contribution is 2.30. The Morgan fingerprint density at radius 1 is 1.14 bits per heavy atom. The summed E-state index contributed by atoms with van der Waals surface area (Å²) in [6.07, 6.45) is 1.69. The van der Waals surface area contributed by atoms with E-state index in [2.05, 4.69) is 10.3 Å². The van der Waals surface area contributed by atoms with Crippen LogP contribution in [0.2, 0.25) is 0 Å². The van der Waals surface area contributed by atoms with E-state index in [0.29, 0.717) is 16.8 Å². The molecule has 144 valence electrons. The summed E-state index contributed by atoms with van der Waals surface area (Å²) in [5, 5.41) is 11.8. The molecule has 0 saturated carbocycles. The Kier molecular flexibility index (Phi) is 5.80. The number of carbonyl (C=O) groups excluding carboxylic acids is 1. The van der Waals surface area contributed by atoms with Crippen molar-refractivity contribution in [1.29, 1.82) is 0 Å². The van der Waals surface area contributed by atoms with Crippen molar-refractivity contribution in [3.05, 3.63) is 77.5 Å². The van der Waals surface area contributed by atoms with Crippen LogP contribution >= 0.6 is 0 Å². The minimum Gasteiger partial charge on any atom is -0.394 e. The second kappa shape index (κ2) is 8.27. The lowest BCUT2D eigenvalue weighted by molar-refractivity contribution is 0.0922. The van der Waals surface area contributed by atoms with Crippen LogP contribution < -0.4 is 5.32 Å². The minimum absolute atomic E-state index is 0.0539. The zero-order chi connectivity index (χ0) is 20.3. The van der Waals surface area contributed by atoms with Crippen LogP contribution in [-0.2, 0) is 0 Å². The van der Waals surface area contributed by atoms with Crippen LogP contribution in [0.5, 0.6) is 0 Å². The zero-order valence-corrected chi connectivity index (χ0v) is 15.5. The van der Waals surface area contributed by atoms with E-state index in [1.807, 2.05) is 13.0 Å². The number of aliphatic hydroxyl groups is 1. The SMILES string of the molecule is Cc1ccc(-c2cc(C(=O)NC(C)CO)cc(-c3cccc(F)c3F)c2)nc1. The monoisotopic (exact) mass is 382 g/mol. The first-order valence-electron chi connectivity index (χ1n) is 8.83. The largest absolute Gasteiger partial charge is 0.394 e. The summed E-state index contributed by atoms with van der Waals surface area (Å²) in [6.45, 7) is 3.36. The van der Waals surface area contributed by atoms with Gasteiger partial charge in [-0.25, -0.2) is 8.78 Å². The summed E-state index contributed by atoms with van der Waals surface area (Å²) < 4.78 is 28.1. The summed E-state index contributed by atoms with van der Waals surface area (Å²) in [5.41, 5.74) is 2.86. The molecule has 2 N–H and O–H groups in total. The lowest BCUT2D eigenvalue weighted by Crippen LogP contribution is -2.35. The Labute approximate surface area is 161 Å². The van der Waals surface area contributed by atoms with E-state index in [-0.39, 0.29) is 17.7 Å². The number of aliphatic hydroxyl groups excluding tert-OH is 1. The standard InChI is InChI=1S/C22H20F2N2O2/c1-13-6-7-20(25-11-13)16-8-15(18-4-3-5-19(23)21(18)24)9-17(10-16)22(28)26-14(2)12-27/h3-11,14,27H,12H2,1-2H3,(H,26,28). The van der Waals surface area contributed by atoms with Crippen molar-refractivity contribution in [2.24, 2.45) is 0 Å². The second-order valence-electron chi connectivity index (χ2n) is 6.68. The summed E-state index contributed by atoms with van der Waals surface area (Å²) in [4.78, 5) is 16.9. The van der Waals surface area contributed by atoms with Crippen molar-refractivity contribution in [3.63, 3.8) is 0 Å². The van der Waals surface area contributed by atoms with Gasteiger partial charge >= 0.3 is 0 Å². The van der Waals surface area contributed by atoms with Crippen LogP contribution in [0.1, 0.15) is 22.8 Å². The van der Waals surface area contributed by atoms with Crippen molar-refractivity contribution in [1.82, 2.24) is 10.3 Å². The van der Waals surface area contributed by atoms with Crippen LogP contribution in [-0.4, -0.2) is 28.6 Å². The predicted molar refractivity (Wildman–Crippen MR) is 104 cm³/mol. The lowest BCUT2D eigenvalue weighted by Gasteiger charge is -2.14. The van der Waals surface area contributed by atoms with E-state index < -0.39 is 23.6 Å². The van der Waals surface area contributed by atoms with Gasteiger partial charge in [0.1, 0.15) is 0 Å². The zero-order valence-electron chi connectivity index (χ0n) is 15.5. The van der Waals surface area contributed by atoms with Crippen molar-refractivity contribution < 1.29 is 18.7 Å². The van der Waals surface area contributed by atoms with E-state index in [1.54, 1.807) is 31.3 Å². The number of amides is 1. The van der Waals surface area contributed by atoms with E-state index in [4.69, 9.17) is 0 Å². The van der Waals surface area contributed by atoms with Gasteiger partial charge in [0.15, 0.2) is 11.6 Å². The van der Waals surface area contributed by atoms with E-state index in [0.717, 1.165) is 11.6 Å². The highest BCUT2D eigenvalue weighted by molar-refractivity contribution is 5.97. The van der Waals surface area contributed by atoms with Crippen LogP contribution in [0.4, 0.5) is 8.78 Å². The number of carbonyl (C=O) groups is 1. The topological polar surface area (TPSA) is 62.2 Å². The molecule has 28 heavy (non-hydrogen) atoms. The highest BCUT2D eigenvalue weighted by atomic mass is 19.2. The fraction of sp³-hybridized carbons (Fsp3) is 0.182. The third kappa shape index (κ3) is 4.23. The van der Waals surface area contributed by atoms with E-state index >= 15 is 0 Å². The molecule has 3 rings (SSSR count). The summed E-state index contributed by atoms with van der Waals surface area (Å²) in [5.74, 6) is -2.36. The van der Waals surface area contributed by atoms with Gasteiger partial charge in [-0.05, 0) is 55.3 Å². The highest BCUT2D eigenvalue weighted by Gasteiger charge is 2.16. The third-order valence-corrected chi connectivity index (χ3v) is 4.32. The van der Waals surface area contributed by atoms with Gasteiger partial charge in [0.25, 0.3) is 5.91 Å². The molecule has 1 unspecified atom stereocenters. The van der Waals surface area contributed by atoms with Gasteiger partial charge in [-0.3, -0.25) is 9.78 Å². The average molecular weight is 382 g/mol. The Hall–Kier alpha value is -3.12. The van der Waals surface area contributed by atoms with Crippen LogP contribution in [0, 0.1) is 18.6 Å². The molecule has 6 heteroatoms.